The summed E-state index contributed by atoms with van der Waals surface area (Å²) in [4.78, 5) is 0. The molecule has 0 spiro atoms. The van der Waals surface area contributed by atoms with Crippen molar-refractivity contribution < 1.29 is 0 Å². The van der Waals surface area contributed by atoms with Crippen LogP contribution in [0.1, 0.15) is 34.1 Å². The molecule has 0 aromatic heterocycles. The standard InChI is InChI=1S/C8H19NS/c1-5-8(9,6-10)7(2,3)4/h10H,5-6,9H2,1-4H3. The Morgan fingerprint density at radius 1 is 1.30 bits per heavy atom. The van der Waals surface area contributed by atoms with Gasteiger partial charge in [-0.3, -0.25) is 0 Å². The summed E-state index contributed by atoms with van der Waals surface area (Å²) in [5, 5.41) is 0. The first-order chi connectivity index (χ1) is 4.37. The number of hydrogen-bond donors (Lipinski definition) is 2. The Labute approximate surface area is 69.8 Å². The molecule has 0 aliphatic carbocycles. The van der Waals surface area contributed by atoms with Crippen molar-refractivity contribution in [3.05, 3.63) is 0 Å². The summed E-state index contributed by atoms with van der Waals surface area (Å²) in [7, 11) is 0. The lowest BCUT2D eigenvalue weighted by molar-refractivity contribution is 0.208. The third-order valence-corrected chi connectivity index (χ3v) is 2.97. The molecule has 0 amide bonds. The number of thiol groups is 1. The third-order valence-electron chi connectivity index (χ3n) is 2.41. The second-order valence-electron chi connectivity index (χ2n) is 3.92. The summed E-state index contributed by atoms with van der Waals surface area (Å²) in [6, 6.07) is 0. The van der Waals surface area contributed by atoms with Gasteiger partial charge in [-0.1, -0.05) is 27.7 Å². The number of rotatable bonds is 2. The molecule has 0 bridgehead atoms. The summed E-state index contributed by atoms with van der Waals surface area (Å²) >= 11 is 4.25. The fraction of sp³-hybridized carbons (Fsp3) is 1.00. The lowest BCUT2D eigenvalue weighted by atomic mass is 9.74. The molecule has 2 heteroatoms. The number of hydrogen-bond acceptors (Lipinski definition) is 2. The van der Waals surface area contributed by atoms with Crippen LogP contribution in [0.2, 0.25) is 0 Å². The predicted octanol–water partition coefficient (Wildman–Crippen LogP) is 2.07. The molecule has 0 heterocycles. The van der Waals surface area contributed by atoms with E-state index in [2.05, 4.69) is 40.3 Å². The topological polar surface area (TPSA) is 26.0 Å². The summed E-state index contributed by atoms with van der Waals surface area (Å²) in [5.41, 5.74) is 6.14. The average molecular weight is 161 g/mol. The first-order valence-corrected chi connectivity index (χ1v) is 4.40. The Hall–Kier alpha value is 0.310. The Bertz CT molecular complexity index is 100. The van der Waals surface area contributed by atoms with Gasteiger partial charge in [0.1, 0.15) is 0 Å². The molecule has 0 saturated carbocycles. The fourth-order valence-corrected chi connectivity index (χ4v) is 1.58. The lowest BCUT2D eigenvalue weighted by Crippen LogP contribution is -2.52. The predicted molar refractivity (Wildman–Crippen MR) is 50.5 cm³/mol. The monoisotopic (exact) mass is 161 g/mol. The third kappa shape index (κ3) is 1.89. The van der Waals surface area contributed by atoms with Gasteiger partial charge >= 0.3 is 0 Å². The summed E-state index contributed by atoms with van der Waals surface area (Å²) in [6.45, 7) is 8.59. The van der Waals surface area contributed by atoms with E-state index in [0.717, 1.165) is 12.2 Å². The van der Waals surface area contributed by atoms with E-state index in [1.54, 1.807) is 0 Å². The molecule has 1 unspecified atom stereocenters. The van der Waals surface area contributed by atoms with Crippen LogP contribution in [0.5, 0.6) is 0 Å². The maximum Gasteiger partial charge on any atom is 0.0290 e. The molecule has 0 radical (unpaired) electrons. The molecule has 0 aromatic rings. The van der Waals surface area contributed by atoms with Crippen molar-refractivity contribution in [1.82, 2.24) is 0 Å². The van der Waals surface area contributed by atoms with Crippen LogP contribution in [-0.4, -0.2) is 11.3 Å². The van der Waals surface area contributed by atoms with Crippen molar-refractivity contribution >= 4 is 12.6 Å². The first kappa shape index (κ1) is 10.3. The van der Waals surface area contributed by atoms with Crippen LogP contribution in [0.4, 0.5) is 0 Å². The molecule has 0 aliphatic rings. The molecule has 0 aromatic carbocycles. The largest absolute Gasteiger partial charge is 0.324 e. The van der Waals surface area contributed by atoms with Gasteiger partial charge in [0, 0.05) is 11.3 Å². The van der Waals surface area contributed by atoms with Crippen molar-refractivity contribution in [1.29, 1.82) is 0 Å². The van der Waals surface area contributed by atoms with Crippen molar-refractivity contribution in [2.45, 2.75) is 39.7 Å². The van der Waals surface area contributed by atoms with Crippen LogP contribution in [-0.2, 0) is 0 Å². The van der Waals surface area contributed by atoms with Crippen LogP contribution in [0.15, 0.2) is 0 Å². The van der Waals surface area contributed by atoms with E-state index < -0.39 is 0 Å². The van der Waals surface area contributed by atoms with Gasteiger partial charge in [-0.05, 0) is 11.8 Å². The minimum Gasteiger partial charge on any atom is -0.324 e. The molecular formula is C8H19NS. The molecule has 2 N–H and O–H groups in total. The van der Waals surface area contributed by atoms with E-state index in [1.807, 2.05) is 0 Å². The Balaban J connectivity index is 4.33. The Morgan fingerprint density at radius 2 is 1.70 bits per heavy atom. The van der Waals surface area contributed by atoms with Crippen LogP contribution >= 0.6 is 12.6 Å². The maximum absolute atomic E-state index is 6.10. The Morgan fingerprint density at radius 3 is 1.70 bits per heavy atom. The molecule has 1 nitrogen and oxygen atoms in total. The molecule has 1 atom stereocenters. The molecule has 62 valence electrons. The van der Waals surface area contributed by atoms with Gasteiger partial charge in [0.25, 0.3) is 0 Å². The Kier molecular flexibility index (Phi) is 3.24. The SMILES string of the molecule is CCC(N)(CS)C(C)(C)C. The molecular weight excluding hydrogens is 142 g/mol. The fourth-order valence-electron chi connectivity index (χ4n) is 0.879. The highest BCUT2D eigenvalue weighted by atomic mass is 32.1. The summed E-state index contributed by atoms with van der Waals surface area (Å²) in [5.74, 6) is 0.757. The maximum atomic E-state index is 6.10. The van der Waals surface area contributed by atoms with Gasteiger partial charge in [-0.15, -0.1) is 0 Å². The van der Waals surface area contributed by atoms with Crippen LogP contribution in [0, 0.1) is 5.41 Å². The van der Waals surface area contributed by atoms with Crippen molar-refractivity contribution in [3.63, 3.8) is 0 Å². The lowest BCUT2D eigenvalue weighted by Gasteiger charge is -2.40. The van der Waals surface area contributed by atoms with E-state index >= 15 is 0 Å². The van der Waals surface area contributed by atoms with Crippen molar-refractivity contribution in [2.75, 3.05) is 5.75 Å². The van der Waals surface area contributed by atoms with Gasteiger partial charge in [0.05, 0.1) is 0 Å². The molecule has 0 rings (SSSR count). The van der Waals surface area contributed by atoms with Crippen LogP contribution < -0.4 is 5.73 Å². The van der Waals surface area contributed by atoms with Crippen molar-refractivity contribution in [3.8, 4) is 0 Å². The number of nitrogens with two attached hydrogens (primary N) is 1. The normalized spacial score (nSPS) is 18.6. The summed E-state index contributed by atoms with van der Waals surface area (Å²) < 4.78 is 0. The van der Waals surface area contributed by atoms with Gasteiger partial charge < -0.3 is 5.73 Å². The zero-order chi connectivity index (χ0) is 8.41. The second kappa shape index (κ2) is 3.14. The average Bonchev–Trinajstić information content (AvgIpc) is 1.84. The summed E-state index contributed by atoms with van der Waals surface area (Å²) in [6.07, 6.45) is 0.986. The quantitative estimate of drug-likeness (QED) is 0.596. The van der Waals surface area contributed by atoms with E-state index in [0.29, 0.717) is 0 Å². The molecule has 0 aliphatic heterocycles. The van der Waals surface area contributed by atoms with E-state index in [1.165, 1.54) is 0 Å². The minimum atomic E-state index is -0.115. The van der Waals surface area contributed by atoms with Crippen molar-refractivity contribution in [2.24, 2.45) is 11.1 Å². The highest BCUT2D eigenvalue weighted by molar-refractivity contribution is 7.80. The van der Waals surface area contributed by atoms with Gasteiger partial charge in [-0.2, -0.15) is 12.6 Å². The van der Waals surface area contributed by atoms with Gasteiger partial charge in [0.15, 0.2) is 0 Å². The van der Waals surface area contributed by atoms with E-state index in [9.17, 15) is 0 Å². The highest BCUT2D eigenvalue weighted by Gasteiger charge is 2.34. The highest BCUT2D eigenvalue weighted by Crippen LogP contribution is 2.31. The smallest absolute Gasteiger partial charge is 0.0290 e. The molecule has 10 heavy (non-hydrogen) atoms. The van der Waals surface area contributed by atoms with E-state index in [4.69, 9.17) is 5.73 Å². The first-order valence-electron chi connectivity index (χ1n) is 3.77. The van der Waals surface area contributed by atoms with Gasteiger partial charge in [-0.25, -0.2) is 0 Å². The van der Waals surface area contributed by atoms with Gasteiger partial charge in [0.2, 0.25) is 0 Å². The minimum absolute atomic E-state index is 0.115. The zero-order valence-electron chi connectivity index (χ0n) is 7.44. The van der Waals surface area contributed by atoms with E-state index in [-0.39, 0.29) is 11.0 Å². The van der Waals surface area contributed by atoms with Crippen LogP contribution in [0.3, 0.4) is 0 Å². The zero-order valence-corrected chi connectivity index (χ0v) is 8.33. The van der Waals surface area contributed by atoms with Crippen LogP contribution in [0.25, 0.3) is 0 Å². The second-order valence-corrected chi connectivity index (χ2v) is 4.23. The molecule has 0 saturated heterocycles. The molecule has 0 fully saturated rings.